The van der Waals surface area contributed by atoms with E-state index in [4.69, 9.17) is 16.3 Å². The monoisotopic (exact) mass is 337 g/mol. The Hall–Kier alpha value is -1.49. The molecule has 5 nitrogen and oxygen atoms in total. The third-order valence-corrected chi connectivity index (χ3v) is 4.80. The second-order valence-electron chi connectivity index (χ2n) is 7.51. The molecule has 0 radical (unpaired) electrons. The van der Waals surface area contributed by atoms with Gasteiger partial charge in [-0.05, 0) is 57.6 Å². The lowest BCUT2D eigenvalue weighted by atomic mass is 9.92. The molecule has 6 heteroatoms. The van der Waals surface area contributed by atoms with Gasteiger partial charge in [-0.25, -0.2) is 9.78 Å². The van der Waals surface area contributed by atoms with E-state index in [2.05, 4.69) is 15.2 Å². The zero-order chi connectivity index (χ0) is 16.6. The minimum atomic E-state index is -0.461. The van der Waals surface area contributed by atoms with Crippen LogP contribution in [0.3, 0.4) is 0 Å². The lowest BCUT2D eigenvalue weighted by Gasteiger charge is -2.39. The standard InChI is InChI=1S/C17H24ClN3O2/c1-17(2,3)23-16(22)20-15-11-4-5-12(15)10-21(9-11)13-6-7-19-14(18)8-13/h6-8,11-12,15H,4-5,9-10H2,1-3H3,(H,20,22)/t11-,12+,15?. The van der Waals surface area contributed by atoms with Crippen LogP contribution >= 0.6 is 11.6 Å². The van der Waals surface area contributed by atoms with E-state index in [-0.39, 0.29) is 12.1 Å². The Labute approximate surface area is 142 Å². The minimum absolute atomic E-state index is 0.207. The molecule has 1 aromatic heterocycles. The molecule has 1 saturated carbocycles. The number of rotatable bonds is 2. The van der Waals surface area contributed by atoms with Crippen LogP contribution in [0.4, 0.5) is 10.5 Å². The van der Waals surface area contributed by atoms with E-state index in [1.165, 1.54) is 0 Å². The van der Waals surface area contributed by atoms with Crippen LogP contribution in [-0.4, -0.2) is 35.8 Å². The number of nitrogens with one attached hydrogen (secondary N) is 1. The molecule has 23 heavy (non-hydrogen) atoms. The van der Waals surface area contributed by atoms with Crippen molar-refractivity contribution in [3.05, 3.63) is 23.5 Å². The number of halogens is 1. The van der Waals surface area contributed by atoms with Crippen molar-refractivity contribution in [1.29, 1.82) is 0 Å². The van der Waals surface area contributed by atoms with E-state index in [1.807, 2.05) is 32.9 Å². The Kier molecular flexibility index (Phi) is 4.41. The Morgan fingerprint density at radius 3 is 2.57 bits per heavy atom. The Morgan fingerprint density at radius 1 is 1.35 bits per heavy atom. The molecular weight excluding hydrogens is 314 g/mol. The number of hydrogen-bond donors (Lipinski definition) is 1. The molecular formula is C17H24ClN3O2. The number of hydrogen-bond acceptors (Lipinski definition) is 4. The lowest BCUT2D eigenvalue weighted by molar-refractivity contribution is 0.0472. The second-order valence-corrected chi connectivity index (χ2v) is 7.90. The number of nitrogens with zero attached hydrogens (tertiary/aromatic N) is 2. The number of aromatic nitrogens is 1. The molecule has 1 unspecified atom stereocenters. The van der Waals surface area contributed by atoms with E-state index in [0.717, 1.165) is 31.6 Å². The second kappa shape index (κ2) is 6.19. The Bertz CT molecular complexity index is 573. The van der Waals surface area contributed by atoms with Crippen molar-refractivity contribution in [3.63, 3.8) is 0 Å². The van der Waals surface area contributed by atoms with E-state index in [0.29, 0.717) is 17.0 Å². The highest BCUT2D eigenvalue weighted by molar-refractivity contribution is 6.29. The smallest absolute Gasteiger partial charge is 0.407 e. The first kappa shape index (κ1) is 16.4. The number of piperidine rings is 1. The van der Waals surface area contributed by atoms with Crippen molar-refractivity contribution in [2.24, 2.45) is 11.8 Å². The fraction of sp³-hybridized carbons (Fsp3) is 0.647. The van der Waals surface area contributed by atoms with Gasteiger partial charge < -0.3 is 15.0 Å². The molecule has 2 heterocycles. The van der Waals surface area contributed by atoms with Crippen molar-refractivity contribution in [1.82, 2.24) is 10.3 Å². The average molecular weight is 338 g/mol. The topological polar surface area (TPSA) is 54.5 Å². The molecule has 2 aliphatic rings. The predicted molar refractivity (Wildman–Crippen MR) is 90.8 cm³/mol. The molecule has 1 saturated heterocycles. The zero-order valence-electron chi connectivity index (χ0n) is 13.9. The molecule has 1 aliphatic carbocycles. The number of carbonyl (C=O) groups is 1. The maximum absolute atomic E-state index is 12.1. The highest BCUT2D eigenvalue weighted by Gasteiger charge is 2.43. The van der Waals surface area contributed by atoms with Gasteiger partial charge in [0.25, 0.3) is 0 Å². The van der Waals surface area contributed by atoms with Crippen LogP contribution < -0.4 is 10.2 Å². The van der Waals surface area contributed by atoms with E-state index < -0.39 is 5.60 Å². The van der Waals surface area contributed by atoms with Gasteiger partial charge in [-0.3, -0.25) is 0 Å². The van der Waals surface area contributed by atoms with Crippen LogP contribution in [-0.2, 0) is 4.74 Å². The number of anilines is 1. The van der Waals surface area contributed by atoms with Gasteiger partial charge in [-0.1, -0.05) is 11.6 Å². The van der Waals surface area contributed by atoms with Gasteiger partial charge in [-0.2, -0.15) is 0 Å². The van der Waals surface area contributed by atoms with Gasteiger partial charge in [-0.15, -0.1) is 0 Å². The van der Waals surface area contributed by atoms with Crippen LogP contribution in [0.1, 0.15) is 33.6 Å². The van der Waals surface area contributed by atoms with Gasteiger partial charge in [0.15, 0.2) is 0 Å². The highest BCUT2D eigenvalue weighted by atomic mass is 35.5. The molecule has 3 atom stereocenters. The van der Waals surface area contributed by atoms with Crippen LogP contribution in [0.5, 0.6) is 0 Å². The summed E-state index contributed by atoms with van der Waals surface area (Å²) in [4.78, 5) is 18.5. The molecule has 126 valence electrons. The molecule has 2 bridgehead atoms. The maximum Gasteiger partial charge on any atom is 0.407 e. The molecule has 1 N–H and O–H groups in total. The van der Waals surface area contributed by atoms with Crippen LogP contribution in [0.2, 0.25) is 5.15 Å². The molecule has 0 spiro atoms. The molecule has 1 aliphatic heterocycles. The summed E-state index contributed by atoms with van der Waals surface area (Å²) in [6.45, 7) is 7.51. The molecule has 2 fully saturated rings. The summed E-state index contributed by atoms with van der Waals surface area (Å²) in [6, 6.07) is 4.11. The minimum Gasteiger partial charge on any atom is -0.444 e. The molecule has 1 amide bonds. The van der Waals surface area contributed by atoms with E-state index in [1.54, 1.807) is 6.20 Å². The summed E-state index contributed by atoms with van der Waals surface area (Å²) in [7, 11) is 0. The first-order valence-corrected chi connectivity index (χ1v) is 8.55. The average Bonchev–Trinajstić information content (AvgIpc) is 2.68. The Morgan fingerprint density at radius 2 is 2.00 bits per heavy atom. The molecule has 1 aromatic rings. The number of ether oxygens (including phenoxy) is 1. The number of carbonyl (C=O) groups excluding carboxylic acids is 1. The predicted octanol–water partition coefficient (Wildman–Crippen LogP) is 3.47. The normalized spacial score (nSPS) is 27.0. The van der Waals surface area contributed by atoms with Gasteiger partial charge >= 0.3 is 6.09 Å². The van der Waals surface area contributed by atoms with Gasteiger partial charge in [0.2, 0.25) is 0 Å². The van der Waals surface area contributed by atoms with E-state index >= 15 is 0 Å². The first-order valence-electron chi connectivity index (χ1n) is 8.18. The van der Waals surface area contributed by atoms with Crippen molar-refractivity contribution in [2.75, 3.05) is 18.0 Å². The summed E-state index contributed by atoms with van der Waals surface area (Å²) in [5.41, 5.74) is 0.648. The zero-order valence-corrected chi connectivity index (χ0v) is 14.6. The summed E-state index contributed by atoms with van der Waals surface area (Å²) in [5, 5.41) is 3.61. The fourth-order valence-corrected chi connectivity index (χ4v) is 3.87. The van der Waals surface area contributed by atoms with Crippen LogP contribution in [0.15, 0.2) is 18.3 Å². The van der Waals surface area contributed by atoms with Crippen molar-refractivity contribution < 1.29 is 9.53 Å². The summed E-state index contributed by atoms with van der Waals surface area (Å²) in [5.74, 6) is 0.904. The van der Waals surface area contributed by atoms with Crippen LogP contribution in [0, 0.1) is 11.8 Å². The van der Waals surface area contributed by atoms with Crippen molar-refractivity contribution in [3.8, 4) is 0 Å². The first-order chi connectivity index (χ1) is 10.8. The Balaban J connectivity index is 1.64. The third kappa shape index (κ3) is 3.89. The molecule has 0 aromatic carbocycles. The van der Waals surface area contributed by atoms with Crippen molar-refractivity contribution >= 4 is 23.4 Å². The summed E-state index contributed by atoms with van der Waals surface area (Å²) in [6.07, 6.45) is 3.71. The van der Waals surface area contributed by atoms with E-state index in [9.17, 15) is 4.79 Å². The fourth-order valence-electron chi connectivity index (χ4n) is 3.70. The van der Waals surface area contributed by atoms with Crippen LogP contribution in [0.25, 0.3) is 0 Å². The number of amides is 1. The molecule has 3 rings (SSSR count). The van der Waals surface area contributed by atoms with Gasteiger partial charge in [0, 0.05) is 31.0 Å². The summed E-state index contributed by atoms with van der Waals surface area (Å²) < 4.78 is 5.40. The largest absolute Gasteiger partial charge is 0.444 e. The quantitative estimate of drug-likeness (QED) is 0.839. The summed E-state index contributed by atoms with van der Waals surface area (Å²) >= 11 is 6.00. The number of alkyl carbamates (subject to hydrolysis) is 1. The van der Waals surface area contributed by atoms with Gasteiger partial charge in [0.1, 0.15) is 10.8 Å². The number of pyridine rings is 1. The lowest BCUT2D eigenvalue weighted by Crippen LogP contribution is -2.53. The highest BCUT2D eigenvalue weighted by Crippen LogP contribution is 2.39. The van der Waals surface area contributed by atoms with Gasteiger partial charge in [0.05, 0.1) is 0 Å². The third-order valence-electron chi connectivity index (χ3n) is 4.59. The van der Waals surface area contributed by atoms with Crippen molar-refractivity contribution in [2.45, 2.75) is 45.3 Å². The number of fused-ring (bicyclic) bond motifs is 2. The maximum atomic E-state index is 12.1. The SMILES string of the molecule is CC(C)(C)OC(=O)NC1[C@@H]2CC[C@H]1CN(c1ccnc(Cl)c1)C2.